The first-order chi connectivity index (χ1) is 23.8. The van der Waals surface area contributed by atoms with E-state index in [0.29, 0.717) is 0 Å². The highest BCUT2D eigenvalue weighted by Gasteiger charge is 2.17. The van der Waals surface area contributed by atoms with Crippen LogP contribution in [0.2, 0.25) is 0 Å². The summed E-state index contributed by atoms with van der Waals surface area (Å²) >= 11 is 0. The molecule has 0 fully saturated rings. The Morgan fingerprint density at radius 1 is 0.312 bits per heavy atom. The third kappa shape index (κ3) is 3.54. The van der Waals surface area contributed by atoms with Crippen molar-refractivity contribution < 1.29 is 0 Å². The normalized spacial score (nSPS) is 12.2. The van der Waals surface area contributed by atoms with Crippen LogP contribution in [0.1, 0.15) is 0 Å². The minimum atomic E-state index is 0.786. The monoisotopic (exact) mass is 608 g/mol. The quantitative estimate of drug-likeness (QED) is 0.183. The third-order valence-corrected chi connectivity index (χ3v) is 10.1. The molecule has 0 aliphatic carbocycles. The fraction of sp³-hybridized carbons (Fsp3) is 0. The second-order valence-corrected chi connectivity index (χ2v) is 12.7. The summed E-state index contributed by atoms with van der Waals surface area (Å²) in [4.78, 5) is 19.2. The zero-order valence-corrected chi connectivity index (χ0v) is 25.6. The number of nitrogens with zero attached hydrogens (tertiary/aromatic N) is 4. The van der Waals surface area contributed by atoms with Gasteiger partial charge in [-0.2, -0.15) is 0 Å². The highest BCUT2D eigenvalue weighted by atomic mass is 14.8. The van der Waals surface area contributed by atoms with Crippen molar-refractivity contribution in [1.29, 1.82) is 0 Å². The SMILES string of the molecule is c1cnc2c(c1)ccc1cc(-c3cnc(-c4cc5ccc6cccc7c8cccc9ccc%10cccc(c(c4)c5c67)c%10c98)cn3)cnc12. The van der Waals surface area contributed by atoms with E-state index in [9.17, 15) is 0 Å². The van der Waals surface area contributed by atoms with E-state index >= 15 is 0 Å². The van der Waals surface area contributed by atoms with Crippen LogP contribution in [0.3, 0.4) is 0 Å². The summed E-state index contributed by atoms with van der Waals surface area (Å²) in [6.07, 6.45) is 7.43. The van der Waals surface area contributed by atoms with Crippen molar-refractivity contribution in [2.24, 2.45) is 0 Å². The minimum Gasteiger partial charge on any atom is -0.254 e. The molecule has 0 bridgehead atoms. The van der Waals surface area contributed by atoms with Crippen molar-refractivity contribution in [3.05, 3.63) is 146 Å². The van der Waals surface area contributed by atoms with Crippen LogP contribution in [0, 0.1) is 0 Å². The van der Waals surface area contributed by atoms with Crippen LogP contribution in [0.4, 0.5) is 0 Å². The van der Waals surface area contributed by atoms with Gasteiger partial charge in [-0.05, 0) is 88.9 Å². The Hall–Kier alpha value is -6.52. The molecule has 0 saturated heterocycles. The lowest BCUT2D eigenvalue weighted by molar-refractivity contribution is 1.21. The van der Waals surface area contributed by atoms with Gasteiger partial charge in [-0.1, -0.05) is 97.1 Å². The van der Waals surface area contributed by atoms with Crippen LogP contribution in [-0.4, -0.2) is 19.9 Å². The Morgan fingerprint density at radius 2 is 0.812 bits per heavy atom. The lowest BCUT2D eigenvalue weighted by Gasteiger charge is -2.17. The predicted molar refractivity (Wildman–Crippen MR) is 200 cm³/mol. The molecule has 0 atom stereocenters. The molecule has 0 N–H and O–H groups in total. The summed E-state index contributed by atoms with van der Waals surface area (Å²) in [5.74, 6) is 0. The summed E-state index contributed by atoms with van der Waals surface area (Å²) in [6.45, 7) is 0. The molecular weight excluding hydrogens is 585 g/mol. The van der Waals surface area contributed by atoms with E-state index in [1.54, 1.807) is 0 Å². The van der Waals surface area contributed by atoms with Crippen LogP contribution < -0.4 is 0 Å². The first-order valence-electron chi connectivity index (χ1n) is 16.2. The van der Waals surface area contributed by atoms with Crippen molar-refractivity contribution in [3.63, 3.8) is 0 Å². The maximum absolute atomic E-state index is 4.98. The van der Waals surface area contributed by atoms with Crippen molar-refractivity contribution in [3.8, 4) is 22.5 Å². The van der Waals surface area contributed by atoms with Crippen molar-refractivity contribution in [1.82, 2.24) is 19.9 Å². The second kappa shape index (κ2) is 9.50. The van der Waals surface area contributed by atoms with E-state index in [1.165, 1.54) is 64.6 Å². The van der Waals surface area contributed by atoms with E-state index in [1.807, 2.05) is 30.9 Å². The number of benzene rings is 7. The van der Waals surface area contributed by atoms with Crippen LogP contribution in [0.5, 0.6) is 0 Å². The van der Waals surface area contributed by atoms with Gasteiger partial charge in [0.05, 0.1) is 34.8 Å². The van der Waals surface area contributed by atoms with Gasteiger partial charge in [0.15, 0.2) is 0 Å². The van der Waals surface area contributed by atoms with Gasteiger partial charge in [-0.15, -0.1) is 0 Å². The molecule has 0 unspecified atom stereocenters. The highest BCUT2D eigenvalue weighted by molar-refractivity contribution is 6.37. The third-order valence-electron chi connectivity index (χ3n) is 10.1. The summed E-state index contributed by atoms with van der Waals surface area (Å²) < 4.78 is 0. The van der Waals surface area contributed by atoms with E-state index in [-0.39, 0.29) is 0 Å². The smallest absolute Gasteiger partial charge is 0.0965 e. The zero-order chi connectivity index (χ0) is 31.3. The molecule has 0 aliphatic rings. The Kier molecular flexibility index (Phi) is 5.08. The number of hydrogen-bond donors (Lipinski definition) is 0. The molecule has 8 aromatic carbocycles. The molecule has 4 heteroatoms. The second-order valence-electron chi connectivity index (χ2n) is 12.7. The van der Waals surface area contributed by atoms with Crippen molar-refractivity contribution in [2.75, 3.05) is 0 Å². The van der Waals surface area contributed by atoms with Gasteiger partial charge in [0.25, 0.3) is 0 Å². The lowest BCUT2D eigenvalue weighted by atomic mass is 9.87. The standard InChI is InChI=1S/C44H24N4/c1-5-25-12-13-26-7-3-11-35-36-21-31(19-29-16-14-27-6-2-10-34(40(27)42(29)36)33(9-1)39(25)41(26)35)37-23-47-38(24-46-37)32-20-30-17-15-28-8-4-18-45-43(28)44(30)48-22-32/h1-24H. The minimum absolute atomic E-state index is 0.786. The molecule has 0 aliphatic heterocycles. The van der Waals surface area contributed by atoms with Gasteiger partial charge in [-0.25, -0.2) is 0 Å². The fourth-order valence-electron chi connectivity index (χ4n) is 7.93. The van der Waals surface area contributed by atoms with E-state index in [0.717, 1.165) is 44.3 Å². The van der Waals surface area contributed by atoms with Crippen LogP contribution in [0.15, 0.2) is 146 Å². The Labute approximate surface area is 274 Å². The Balaban J connectivity index is 1.16. The van der Waals surface area contributed by atoms with Crippen molar-refractivity contribution in [2.45, 2.75) is 0 Å². The predicted octanol–water partition coefficient (Wildman–Crippen LogP) is 11.3. The van der Waals surface area contributed by atoms with E-state index in [4.69, 9.17) is 15.0 Å². The average molecular weight is 609 g/mol. The van der Waals surface area contributed by atoms with Gasteiger partial charge >= 0.3 is 0 Å². The van der Waals surface area contributed by atoms with Gasteiger partial charge < -0.3 is 0 Å². The van der Waals surface area contributed by atoms with Crippen LogP contribution in [-0.2, 0) is 0 Å². The highest BCUT2D eigenvalue weighted by Crippen LogP contribution is 2.44. The van der Waals surface area contributed by atoms with Gasteiger partial charge in [0.1, 0.15) is 0 Å². The summed E-state index contributed by atoms with van der Waals surface area (Å²) in [6, 6.07) is 44.0. The molecule has 3 heterocycles. The molecule has 11 rings (SSSR count). The van der Waals surface area contributed by atoms with Gasteiger partial charge in [0, 0.05) is 34.3 Å². The molecule has 0 radical (unpaired) electrons. The Morgan fingerprint density at radius 3 is 1.48 bits per heavy atom. The maximum atomic E-state index is 4.98. The topological polar surface area (TPSA) is 51.6 Å². The fourth-order valence-corrected chi connectivity index (χ4v) is 7.93. The molecule has 48 heavy (non-hydrogen) atoms. The van der Waals surface area contributed by atoms with Crippen molar-refractivity contribution >= 4 is 86.4 Å². The van der Waals surface area contributed by atoms with Gasteiger partial charge in [0.2, 0.25) is 0 Å². The number of aromatic nitrogens is 4. The van der Waals surface area contributed by atoms with E-state index < -0.39 is 0 Å². The molecule has 220 valence electrons. The lowest BCUT2D eigenvalue weighted by Crippen LogP contribution is -1.92. The molecule has 0 amide bonds. The average Bonchev–Trinajstić information content (AvgIpc) is 3.15. The van der Waals surface area contributed by atoms with E-state index in [2.05, 4.69) is 120 Å². The molecule has 4 nitrogen and oxygen atoms in total. The van der Waals surface area contributed by atoms with Gasteiger partial charge in [-0.3, -0.25) is 19.9 Å². The zero-order valence-electron chi connectivity index (χ0n) is 25.6. The molecule has 0 spiro atoms. The first-order valence-corrected chi connectivity index (χ1v) is 16.2. The molecule has 11 aromatic rings. The molecular formula is C44H24N4. The summed E-state index contributed by atoms with van der Waals surface area (Å²) in [7, 11) is 0. The largest absolute Gasteiger partial charge is 0.254 e. The van der Waals surface area contributed by atoms with Crippen LogP contribution >= 0.6 is 0 Å². The first kappa shape index (κ1) is 25.6. The number of rotatable bonds is 2. The molecule has 3 aromatic heterocycles. The number of hydrogen-bond acceptors (Lipinski definition) is 4. The Bertz CT molecular complexity index is 3100. The number of pyridine rings is 2. The van der Waals surface area contributed by atoms with Crippen LogP contribution in [0.25, 0.3) is 109 Å². The summed E-state index contributed by atoms with van der Waals surface area (Å²) in [5, 5.41) is 17.2. The molecule has 0 saturated carbocycles. The number of fused-ring (bicyclic) bond motifs is 5. The summed E-state index contributed by atoms with van der Waals surface area (Å²) in [5.41, 5.74) is 5.39. The maximum Gasteiger partial charge on any atom is 0.0965 e.